The van der Waals surface area contributed by atoms with Crippen molar-refractivity contribution in [3.8, 4) is 11.8 Å². The lowest BCUT2D eigenvalue weighted by Crippen LogP contribution is -2.13. The molecule has 0 unspecified atom stereocenters. The van der Waals surface area contributed by atoms with Crippen molar-refractivity contribution in [1.82, 2.24) is 0 Å². The second-order valence-corrected chi connectivity index (χ2v) is 4.97. The highest BCUT2D eigenvalue weighted by Crippen LogP contribution is 2.20. The molecule has 0 bridgehead atoms. The maximum Gasteiger partial charge on any atom is 0.258 e. The topological polar surface area (TPSA) is 62.1 Å². The van der Waals surface area contributed by atoms with Crippen LogP contribution in [0.15, 0.2) is 46.9 Å². The molecule has 0 radical (unpaired) electrons. The highest BCUT2D eigenvalue weighted by Gasteiger charge is 2.12. The van der Waals surface area contributed by atoms with Gasteiger partial charge in [-0.25, -0.2) is 4.39 Å². The van der Waals surface area contributed by atoms with Gasteiger partial charge >= 0.3 is 0 Å². The van der Waals surface area contributed by atoms with Crippen LogP contribution in [0.4, 0.5) is 10.1 Å². The number of carbonyl (C=O) groups excluding carboxylic acids is 1. The minimum absolute atomic E-state index is 0.0623. The summed E-state index contributed by atoms with van der Waals surface area (Å²) in [6.45, 7) is -0.0857. The van der Waals surface area contributed by atoms with Crippen molar-refractivity contribution in [2.45, 2.75) is 0 Å². The van der Waals surface area contributed by atoms with E-state index in [9.17, 15) is 9.18 Å². The third-order valence-electron chi connectivity index (χ3n) is 2.57. The van der Waals surface area contributed by atoms with E-state index in [1.807, 2.05) is 6.07 Å². The van der Waals surface area contributed by atoms with Crippen LogP contribution in [0.3, 0.4) is 0 Å². The van der Waals surface area contributed by atoms with Gasteiger partial charge in [-0.15, -0.1) is 0 Å². The predicted molar refractivity (Wildman–Crippen MR) is 79.6 cm³/mol. The molecular weight excluding hydrogens is 339 g/mol. The molecule has 0 atom stereocenters. The van der Waals surface area contributed by atoms with Crippen molar-refractivity contribution in [1.29, 1.82) is 5.26 Å². The molecule has 1 amide bonds. The Labute approximate surface area is 129 Å². The first-order chi connectivity index (χ1) is 10.1. The molecule has 106 valence electrons. The Morgan fingerprint density at radius 1 is 1.33 bits per heavy atom. The molecule has 0 aromatic heterocycles. The summed E-state index contributed by atoms with van der Waals surface area (Å²) >= 11 is 3.19. The van der Waals surface area contributed by atoms with Gasteiger partial charge in [0, 0.05) is 16.2 Å². The number of hydrogen-bond acceptors (Lipinski definition) is 3. The van der Waals surface area contributed by atoms with E-state index in [4.69, 9.17) is 10.00 Å². The van der Waals surface area contributed by atoms with Crippen molar-refractivity contribution in [2.75, 3.05) is 11.9 Å². The van der Waals surface area contributed by atoms with Crippen LogP contribution in [0.5, 0.6) is 5.75 Å². The van der Waals surface area contributed by atoms with Gasteiger partial charge in [-0.3, -0.25) is 4.79 Å². The lowest BCUT2D eigenvalue weighted by atomic mass is 10.2. The minimum atomic E-state index is -0.604. The normalized spacial score (nSPS) is 9.76. The van der Waals surface area contributed by atoms with E-state index >= 15 is 0 Å². The fraction of sp³-hybridized carbons (Fsp3) is 0.0667. The molecule has 0 aliphatic heterocycles. The fourth-order valence-electron chi connectivity index (χ4n) is 1.65. The molecule has 1 N–H and O–H groups in total. The van der Waals surface area contributed by atoms with Crippen molar-refractivity contribution >= 4 is 27.5 Å². The van der Waals surface area contributed by atoms with Gasteiger partial charge in [-0.05, 0) is 30.3 Å². The Morgan fingerprint density at radius 2 is 2.14 bits per heavy atom. The molecule has 0 aliphatic rings. The quantitative estimate of drug-likeness (QED) is 0.915. The van der Waals surface area contributed by atoms with Crippen LogP contribution in [0, 0.1) is 17.1 Å². The van der Waals surface area contributed by atoms with Crippen LogP contribution in [0.2, 0.25) is 0 Å². The number of nitriles is 1. The van der Waals surface area contributed by atoms with E-state index in [2.05, 4.69) is 21.2 Å². The SMILES string of the molecule is N#CCOc1cccc(NC(=O)c2cc(Br)ccc2F)c1. The molecule has 2 rings (SSSR count). The maximum absolute atomic E-state index is 13.6. The number of rotatable bonds is 4. The summed E-state index contributed by atoms with van der Waals surface area (Å²) < 4.78 is 19.4. The van der Waals surface area contributed by atoms with Gasteiger partial charge < -0.3 is 10.1 Å². The summed E-state index contributed by atoms with van der Waals surface area (Å²) in [5.74, 6) is -0.720. The number of nitrogens with zero attached hydrogens (tertiary/aromatic N) is 1. The molecule has 6 heteroatoms. The van der Waals surface area contributed by atoms with Gasteiger partial charge in [-0.2, -0.15) is 5.26 Å². The number of halogens is 2. The van der Waals surface area contributed by atoms with Gasteiger partial charge in [0.05, 0.1) is 5.56 Å². The first-order valence-electron chi connectivity index (χ1n) is 5.96. The third kappa shape index (κ3) is 4.04. The summed E-state index contributed by atoms with van der Waals surface area (Å²) in [5.41, 5.74) is 0.391. The molecule has 4 nitrogen and oxygen atoms in total. The number of carbonyl (C=O) groups is 1. The number of hydrogen-bond donors (Lipinski definition) is 1. The average molecular weight is 349 g/mol. The molecule has 21 heavy (non-hydrogen) atoms. The second-order valence-electron chi connectivity index (χ2n) is 4.05. The summed E-state index contributed by atoms with van der Waals surface area (Å²) in [6, 6.07) is 12.5. The molecule has 0 fully saturated rings. The number of amides is 1. The zero-order chi connectivity index (χ0) is 15.2. The van der Waals surface area contributed by atoms with Crippen LogP contribution in [0.1, 0.15) is 10.4 Å². The monoisotopic (exact) mass is 348 g/mol. The van der Waals surface area contributed by atoms with E-state index < -0.39 is 11.7 Å². The molecule has 0 heterocycles. The van der Waals surface area contributed by atoms with E-state index in [0.29, 0.717) is 15.9 Å². The van der Waals surface area contributed by atoms with Gasteiger partial charge in [0.2, 0.25) is 0 Å². The molecule has 0 aliphatic carbocycles. The summed E-state index contributed by atoms with van der Waals surface area (Å²) in [5, 5.41) is 11.0. The van der Waals surface area contributed by atoms with Crippen molar-refractivity contribution in [2.24, 2.45) is 0 Å². The summed E-state index contributed by atoms with van der Waals surface area (Å²) in [7, 11) is 0. The van der Waals surface area contributed by atoms with Crippen LogP contribution >= 0.6 is 15.9 Å². The van der Waals surface area contributed by atoms with Crippen LogP contribution in [-0.4, -0.2) is 12.5 Å². The largest absolute Gasteiger partial charge is 0.479 e. The first kappa shape index (κ1) is 15.0. The zero-order valence-electron chi connectivity index (χ0n) is 10.8. The van der Waals surface area contributed by atoms with Crippen LogP contribution in [-0.2, 0) is 0 Å². The van der Waals surface area contributed by atoms with Gasteiger partial charge in [0.15, 0.2) is 6.61 Å². The van der Waals surface area contributed by atoms with Crippen LogP contribution < -0.4 is 10.1 Å². The Kier molecular flexibility index (Phi) is 4.90. The third-order valence-corrected chi connectivity index (χ3v) is 3.06. The van der Waals surface area contributed by atoms with E-state index in [1.54, 1.807) is 24.3 Å². The predicted octanol–water partition coefficient (Wildman–Crippen LogP) is 3.74. The van der Waals surface area contributed by atoms with Crippen LogP contribution in [0.25, 0.3) is 0 Å². The number of nitrogens with one attached hydrogen (secondary N) is 1. The lowest BCUT2D eigenvalue weighted by Gasteiger charge is -2.08. The first-order valence-corrected chi connectivity index (χ1v) is 6.75. The molecule has 2 aromatic rings. The summed E-state index contributed by atoms with van der Waals surface area (Å²) in [6.07, 6.45) is 0. The van der Waals surface area contributed by atoms with Crippen molar-refractivity contribution < 1.29 is 13.9 Å². The lowest BCUT2D eigenvalue weighted by molar-refractivity contribution is 0.102. The molecule has 0 saturated carbocycles. The van der Waals surface area contributed by atoms with Gasteiger partial charge in [0.1, 0.15) is 17.6 Å². The van der Waals surface area contributed by atoms with Gasteiger partial charge in [0.25, 0.3) is 5.91 Å². The standard InChI is InChI=1S/C15H10BrFN2O2/c16-10-4-5-14(17)13(8-10)15(20)19-11-2-1-3-12(9-11)21-7-6-18/h1-5,8-9H,7H2,(H,19,20). The Bertz CT molecular complexity index is 713. The molecule has 0 spiro atoms. The van der Waals surface area contributed by atoms with E-state index in [-0.39, 0.29) is 12.2 Å². The molecule has 2 aromatic carbocycles. The highest BCUT2D eigenvalue weighted by molar-refractivity contribution is 9.10. The Balaban J connectivity index is 2.16. The number of benzene rings is 2. The average Bonchev–Trinajstić information content (AvgIpc) is 2.48. The molecular formula is C15H10BrFN2O2. The Hall–Kier alpha value is -2.39. The smallest absolute Gasteiger partial charge is 0.258 e. The zero-order valence-corrected chi connectivity index (χ0v) is 12.4. The number of ether oxygens (including phenoxy) is 1. The van der Waals surface area contributed by atoms with Crippen molar-refractivity contribution in [3.63, 3.8) is 0 Å². The molecule has 0 saturated heterocycles. The fourth-order valence-corrected chi connectivity index (χ4v) is 2.01. The highest BCUT2D eigenvalue weighted by atomic mass is 79.9. The van der Waals surface area contributed by atoms with E-state index in [0.717, 1.165) is 0 Å². The van der Waals surface area contributed by atoms with E-state index in [1.165, 1.54) is 18.2 Å². The summed E-state index contributed by atoms with van der Waals surface area (Å²) in [4.78, 5) is 12.0. The maximum atomic E-state index is 13.6. The minimum Gasteiger partial charge on any atom is -0.479 e. The number of anilines is 1. The second kappa shape index (κ2) is 6.86. The Morgan fingerprint density at radius 3 is 2.90 bits per heavy atom. The van der Waals surface area contributed by atoms with Crippen molar-refractivity contribution in [3.05, 3.63) is 58.3 Å². The van der Waals surface area contributed by atoms with Gasteiger partial charge in [-0.1, -0.05) is 22.0 Å².